The first kappa shape index (κ1) is 12.3. The third-order valence-corrected chi connectivity index (χ3v) is 3.82. The molecule has 0 fully saturated rings. The third kappa shape index (κ3) is 2.09. The highest BCUT2D eigenvalue weighted by molar-refractivity contribution is 5.39. The molecule has 0 radical (unpaired) electrons. The number of fused-ring (bicyclic) bond motifs is 1. The highest BCUT2D eigenvalue weighted by atomic mass is 14.4. The van der Waals surface area contributed by atoms with Gasteiger partial charge in [-0.15, -0.1) is 0 Å². The molecule has 0 saturated carbocycles. The van der Waals surface area contributed by atoms with Crippen molar-refractivity contribution in [3.63, 3.8) is 0 Å². The molecule has 0 unspecified atom stereocenters. The zero-order valence-electron chi connectivity index (χ0n) is 10.6. The molecule has 0 N–H and O–H groups in total. The van der Waals surface area contributed by atoms with Gasteiger partial charge in [-0.05, 0) is 42.2 Å². The summed E-state index contributed by atoms with van der Waals surface area (Å²) in [5, 5.41) is 0. The second kappa shape index (κ2) is 5.34. The Morgan fingerprint density at radius 2 is 1.67 bits per heavy atom. The average molecular weight is 204 g/mol. The van der Waals surface area contributed by atoms with Gasteiger partial charge in [0.1, 0.15) is 0 Å². The molecule has 2 rings (SSSR count). The summed E-state index contributed by atoms with van der Waals surface area (Å²) in [6, 6.07) is 8.97. The molecule has 1 aromatic rings. The van der Waals surface area contributed by atoms with Crippen LogP contribution in [0.4, 0.5) is 0 Å². The lowest BCUT2D eigenvalue weighted by Crippen LogP contribution is -2.20. The lowest BCUT2D eigenvalue weighted by Gasteiger charge is -2.27. The summed E-state index contributed by atoms with van der Waals surface area (Å²) in [6.07, 6.45) is 5.23. The van der Waals surface area contributed by atoms with Gasteiger partial charge in [-0.3, -0.25) is 0 Å². The van der Waals surface area contributed by atoms with E-state index in [0.29, 0.717) is 5.41 Å². The minimum Gasteiger partial charge on any atom is -0.0683 e. The highest BCUT2D eigenvalue weighted by Crippen LogP contribution is 2.43. The molecule has 1 aliphatic carbocycles. The monoisotopic (exact) mass is 204 g/mol. The molecule has 0 saturated heterocycles. The van der Waals surface area contributed by atoms with E-state index in [1.807, 2.05) is 13.8 Å². The lowest BCUT2D eigenvalue weighted by atomic mass is 9.77. The first-order valence-electron chi connectivity index (χ1n) is 6.41. The van der Waals surface area contributed by atoms with E-state index < -0.39 is 0 Å². The Bertz CT molecular complexity index is 295. The average Bonchev–Trinajstić information content (AvgIpc) is 2.71. The lowest BCUT2D eigenvalue weighted by molar-refractivity contribution is 0.394. The summed E-state index contributed by atoms with van der Waals surface area (Å²) in [5.74, 6) is 0. The van der Waals surface area contributed by atoms with Crippen LogP contribution in [0.1, 0.15) is 58.1 Å². The molecule has 0 aliphatic heterocycles. The van der Waals surface area contributed by atoms with Gasteiger partial charge in [0.2, 0.25) is 0 Å². The van der Waals surface area contributed by atoms with Crippen LogP contribution in [0, 0.1) is 0 Å². The van der Waals surface area contributed by atoms with Crippen LogP contribution in [-0.2, 0) is 11.8 Å². The van der Waals surface area contributed by atoms with E-state index in [1.165, 1.54) is 25.7 Å². The fourth-order valence-corrected chi connectivity index (χ4v) is 2.75. The number of hydrogen-bond donors (Lipinski definition) is 0. The Hall–Kier alpha value is -0.780. The second-order valence-electron chi connectivity index (χ2n) is 4.14. The fourth-order valence-electron chi connectivity index (χ4n) is 2.75. The molecule has 1 aromatic carbocycles. The van der Waals surface area contributed by atoms with Crippen molar-refractivity contribution in [1.82, 2.24) is 0 Å². The maximum Gasteiger partial charge on any atom is -0.00463 e. The van der Waals surface area contributed by atoms with Gasteiger partial charge in [-0.25, -0.2) is 0 Å². The van der Waals surface area contributed by atoms with Crippen LogP contribution >= 0.6 is 0 Å². The predicted octanol–water partition coefficient (Wildman–Crippen LogP) is 4.72. The van der Waals surface area contributed by atoms with Crippen molar-refractivity contribution >= 4 is 0 Å². The van der Waals surface area contributed by atoms with E-state index in [4.69, 9.17) is 0 Å². The second-order valence-corrected chi connectivity index (χ2v) is 4.14. The maximum atomic E-state index is 2.33. The number of rotatable bonds is 2. The van der Waals surface area contributed by atoms with Gasteiger partial charge in [0.05, 0.1) is 0 Å². The van der Waals surface area contributed by atoms with E-state index in [2.05, 4.69) is 38.1 Å². The highest BCUT2D eigenvalue weighted by Gasteiger charge is 2.34. The smallest absolute Gasteiger partial charge is 0.00463 e. The molecule has 0 spiro atoms. The Morgan fingerprint density at radius 1 is 1.07 bits per heavy atom. The van der Waals surface area contributed by atoms with Crippen molar-refractivity contribution in [2.75, 3.05) is 0 Å². The van der Waals surface area contributed by atoms with E-state index in [9.17, 15) is 0 Å². The zero-order valence-corrected chi connectivity index (χ0v) is 10.6. The first-order valence-corrected chi connectivity index (χ1v) is 6.41. The summed E-state index contributed by atoms with van der Waals surface area (Å²) >= 11 is 0. The van der Waals surface area contributed by atoms with Crippen molar-refractivity contribution < 1.29 is 0 Å². The molecule has 0 bridgehead atoms. The summed E-state index contributed by atoms with van der Waals surface area (Å²) in [6.45, 7) is 8.65. The Labute approximate surface area is 94.7 Å². The minimum atomic E-state index is 0.511. The molecule has 0 heterocycles. The predicted molar refractivity (Wildman–Crippen MR) is 68.4 cm³/mol. The molecular weight excluding hydrogens is 180 g/mol. The maximum absolute atomic E-state index is 2.33. The van der Waals surface area contributed by atoms with Crippen molar-refractivity contribution in [1.29, 1.82) is 0 Å². The van der Waals surface area contributed by atoms with Crippen molar-refractivity contribution in [2.24, 2.45) is 0 Å². The van der Waals surface area contributed by atoms with Gasteiger partial charge in [0.25, 0.3) is 0 Å². The molecule has 84 valence electrons. The van der Waals surface area contributed by atoms with Gasteiger partial charge in [0.15, 0.2) is 0 Å². The standard InChI is InChI=1S/C13H18.C2H6/c1-3-13(4-2)10-9-11-7-5-6-8-12(11)13;1-2/h5-8H,3-4,9-10H2,1-2H3;1-2H3. The van der Waals surface area contributed by atoms with Crippen LogP contribution in [0.25, 0.3) is 0 Å². The summed E-state index contributed by atoms with van der Waals surface area (Å²) < 4.78 is 0. The van der Waals surface area contributed by atoms with Crippen LogP contribution < -0.4 is 0 Å². The van der Waals surface area contributed by atoms with Gasteiger partial charge in [0, 0.05) is 0 Å². The molecule has 0 atom stereocenters. The minimum absolute atomic E-state index is 0.511. The van der Waals surface area contributed by atoms with Crippen LogP contribution in [0.3, 0.4) is 0 Å². The number of benzene rings is 1. The SMILES string of the molecule is CC.CCC1(CC)CCc2ccccc21. The number of hydrogen-bond acceptors (Lipinski definition) is 0. The van der Waals surface area contributed by atoms with Gasteiger partial charge in [-0.2, -0.15) is 0 Å². The van der Waals surface area contributed by atoms with Crippen LogP contribution in [0.2, 0.25) is 0 Å². The summed E-state index contributed by atoms with van der Waals surface area (Å²) in [4.78, 5) is 0. The van der Waals surface area contributed by atoms with Gasteiger partial charge < -0.3 is 0 Å². The summed E-state index contributed by atoms with van der Waals surface area (Å²) in [5.41, 5.74) is 3.72. The fraction of sp³-hybridized carbons (Fsp3) is 0.600. The first-order chi connectivity index (χ1) is 7.32. The van der Waals surface area contributed by atoms with Crippen LogP contribution in [-0.4, -0.2) is 0 Å². The van der Waals surface area contributed by atoms with Crippen molar-refractivity contribution in [3.8, 4) is 0 Å². The van der Waals surface area contributed by atoms with E-state index in [1.54, 1.807) is 11.1 Å². The van der Waals surface area contributed by atoms with Gasteiger partial charge >= 0.3 is 0 Å². The van der Waals surface area contributed by atoms with E-state index in [0.717, 1.165) is 0 Å². The molecule has 0 nitrogen and oxygen atoms in total. The largest absolute Gasteiger partial charge is 0.0683 e. The van der Waals surface area contributed by atoms with Crippen LogP contribution in [0.15, 0.2) is 24.3 Å². The molecule has 0 amide bonds. The Kier molecular flexibility index (Phi) is 4.38. The summed E-state index contributed by atoms with van der Waals surface area (Å²) in [7, 11) is 0. The third-order valence-electron chi connectivity index (χ3n) is 3.82. The number of aryl methyl sites for hydroxylation is 1. The topological polar surface area (TPSA) is 0 Å². The van der Waals surface area contributed by atoms with E-state index in [-0.39, 0.29) is 0 Å². The quantitative estimate of drug-likeness (QED) is 0.654. The normalized spacial score (nSPS) is 16.5. The molecule has 15 heavy (non-hydrogen) atoms. The molecule has 0 aromatic heterocycles. The molecular formula is C15H24. The van der Waals surface area contributed by atoms with Crippen molar-refractivity contribution in [3.05, 3.63) is 35.4 Å². The van der Waals surface area contributed by atoms with Crippen LogP contribution in [0.5, 0.6) is 0 Å². The van der Waals surface area contributed by atoms with Crippen molar-refractivity contribution in [2.45, 2.75) is 58.8 Å². The zero-order chi connectivity index (χ0) is 11.3. The Balaban J connectivity index is 0.000000531. The Morgan fingerprint density at radius 3 is 2.27 bits per heavy atom. The molecule has 1 aliphatic rings. The van der Waals surface area contributed by atoms with E-state index >= 15 is 0 Å². The molecule has 0 heteroatoms. The van der Waals surface area contributed by atoms with Gasteiger partial charge in [-0.1, -0.05) is 52.0 Å².